The number of hydrogen-bond donors (Lipinski definition) is 2. The number of nitrogens with one attached hydrogen (secondary N) is 1. The van der Waals surface area contributed by atoms with Crippen LogP contribution in [0, 0.1) is 0 Å². The molecule has 0 bridgehead atoms. The Morgan fingerprint density at radius 1 is 1.16 bits per heavy atom. The maximum atomic E-state index is 14.0. The summed E-state index contributed by atoms with van der Waals surface area (Å²) in [6.07, 6.45) is 5.04. The summed E-state index contributed by atoms with van der Waals surface area (Å²) in [5.41, 5.74) is 1.29. The number of fused-ring (bicyclic) bond motifs is 1. The summed E-state index contributed by atoms with van der Waals surface area (Å²) in [6.45, 7) is 4.25. The molecule has 1 saturated heterocycles. The summed E-state index contributed by atoms with van der Waals surface area (Å²) in [7, 11) is -3.48. The van der Waals surface area contributed by atoms with E-state index in [9.17, 15) is 17.9 Å². The zero-order chi connectivity index (χ0) is 25.9. The van der Waals surface area contributed by atoms with E-state index in [1.54, 1.807) is 23.4 Å². The minimum atomic E-state index is -3.48. The van der Waals surface area contributed by atoms with Gasteiger partial charge >= 0.3 is 0 Å². The van der Waals surface area contributed by atoms with Crippen molar-refractivity contribution in [3.63, 3.8) is 0 Å². The number of aromatic nitrogens is 7. The summed E-state index contributed by atoms with van der Waals surface area (Å²) in [5, 5.41) is 22.1. The van der Waals surface area contributed by atoms with E-state index >= 15 is 0 Å². The molecule has 1 aliphatic carbocycles. The van der Waals surface area contributed by atoms with Gasteiger partial charge in [-0.1, -0.05) is 0 Å². The molecule has 2 aliphatic rings. The molecule has 37 heavy (non-hydrogen) atoms. The fourth-order valence-corrected chi connectivity index (χ4v) is 5.88. The molecule has 4 aromatic heterocycles. The summed E-state index contributed by atoms with van der Waals surface area (Å²) in [5.74, 6) is 1.89. The molecule has 2 fully saturated rings. The van der Waals surface area contributed by atoms with Crippen molar-refractivity contribution in [3.05, 3.63) is 36.9 Å². The lowest BCUT2D eigenvalue weighted by Crippen LogP contribution is -2.22. The molecule has 2 atom stereocenters. The Balaban J connectivity index is 1.28. The maximum Gasteiger partial charge on any atom is 0.256 e. The van der Waals surface area contributed by atoms with E-state index in [1.165, 1.54) is 12.4 Å². The van der Waals surface area contributed by atoms with Gasteiger partial charge in [-0.05, 0) is 32.8 Å². The predicted molar refractivity (Wildman–Crippen MR) is 135 cm³/mol. The highest BCUT2D eigenvalue weighted by molar-refractivity contribution is 7.90. The molecule has 194 valence electrons. The molecule has 0 radical (unpaired) electrons. The van der Waals surface area contributed by atoms with Gasteiger partial charge in [-0.15, -0.1) is 0 Å². The van der Waals surface area contributed by atoms with E-state index < -0.39 is 22.3 Å². The van der Waals surface area contributed by atoms with Crippen LogP contribution in [-0.2, 0) is 10.0 Å². The second-order valence-electron chi connectivity index (χ2n) is 9.67. The van der Waals surface area contributed by atoms with Crippen LogP contribution in [0.15, 0.2) is 36.9 Å². The van der Waals surface area contributed by atoms with Crippen LogP contribution < -0.4 is 10.2 Å². The molecule has 1 saturated carbocycles. The normalized spacial score (nSPS) is 20.3. The smallest absolute Gasteiger partial charge is 0.256 e. The Morgan fingerprint density at radius 3 is 2.68 bits per heavy atom. The van der Waals surface area contributed by atoms with Gasteiger partial charge in [-0.2, -0.15) is 14.3 Å². The minimum Gasteiger partial charge on any atom is -0.388 e. The Kier molecular flexibility index (Phi) is 5.60. The van der Waals surface area contributed by atoms with Gasteiger partial charge in [0.1, 0.15) is 23.9 Å². The number of rotatable bonds is 7. The topological polar surface area (TPSA) is 144 Å². The van der Waals surface area contributed by atoms with Gasteiger partial charge in [0.15, 0.2) is 11.6 Å². The molecule has 0 unspecified atom stereocenters. The molecular weight excluding hydrogens is 501 g/mol. The number of nitrogens with zero attached hydrogens (tertiary/aromatic N) is 8. The molecule has 14 heteroatoms. The Morgan fingerprint density at radius 2 is 1.97 bits per heavy atom. The average molecular weight is 528 g/mol. The van der Waals surface area contributed by atoms with E-state index in [2.05, 4.69) is 25.4 Å². The van der Waals surface area contributed by atoms with E-state index in [1.807, 2.05) is 24.6 Å². The number of aliphatic hydroxyl groups excluding tert-OH is 1. The molecule has 6 rings (SSSR count). The largest absolute Gasteiger partial charge is 0.388 e. The Labute approximate surface area is 212 Å². The van der Waals surface area contributed by atoms with Crippen LogP contribution in [0.1, 0.15) is 32.7 Å². The standard InChI is InChI=1S/C23H26FN9O3S/c1-13(2)33-18-7-21(26-9-16(18)23(30-33)31-11-17(24)19(34)12-31)28-20-5-6-25-22(29-20)14-8-27-32(10-14)37(35,36)15-3-4-15/h5-10,13,15,17,19,34H,3-4,11-12H2,1-2H3,(H,25,26,28,29)/t17-,19-/m0/s1. The first kappa shape index (κ1) is 23.7. The lowest BCUT2D eigenvalue weighted by atomic mass is 10.2. The van der Waals surface area contributed by atoms with Crippen molar-refractivity contribution < 1.29 is 17.9 Å². The molecule has 1 aliphatic heterocycles. The molecule has 5 heterocycles. The van der Waals surface area contributed by atoms with Crippen LogP contribution in [-0.4, -0.2) is 78.1 Å². The molecule has 2 N–H and O–H groups in total. The number of pyridine rings is 1. The van der Waals surface area contributed by atoms with Crippen molar-refractivity contribution in [2.24, 2.45) is 0 Å². The van der Waals surface area contributed by atoms with Gasteiger partial charge in [0.2, 0.25) is 0 Å². The number of halogens is 1. The van der Waals surface area contributed by atoms with Gasteiger partial charge < -0.3 is 15.3 Å². The van der Waals surface area contributed by atoms with Crippen LogP contribution in [0.2, 0.25) is 0 Å². The quantitative estimate of drug-likeness (QED) is 0.367. The molecule has 0 amide bonds. The van der Waals surface area contributed by atoms with Crippen molar-refractivity contribution in [2.45, 2.75) is 50.3 Å². The number of anilines is 3. The highest BCUT2D eigenvalue weighted by atomic mass is 32.2. The zero-order valence-corrected chi connectivity index (χ0v) is 21.0. The fraction of sp³-hybridized carbons (Fsp3) is 0.435. The monoisotopic (exact) mass is 527 g/mol. The van der Waals surface area contributed by atoms with Gasteiger partial charge in [0.25, 0.3) is 10.0 Å². The summed E-state index contributed by atoms with van der Waals surface area (Å²) >= 11 is 0. The lowest BCUT2D eigenvalue weighted by molar-refractivity contribution is 0.118. The number of aliphatic hydroxyl groups is 1. The molecule has 4 aromatic rings. The summed E-state index contributed by atoms with van der Waals surface area (Å²) in [4.78, 5) is 15.0. The van der Waals surface area contributed by atoms with Crippen LogP contribution >= 0.6 is 0 Å². The van der Waals surface area contributed by atoms with Crippen molar-refractivity contribution in [1.29, 1.82) is 0 Å². The van der Waals surface area contributed by atoms with Crippen LogP contribution in [0.4, 0.5) is 21.8 Å². The number of alkyl halides is 1. The number of hydrogen-bond acceptors (Lipinski definition) is 10. The first-order valence-corrected chi connectivity index (χ1v) is 13.6. The third-order valence-corrected chi connectivity index (χ3v) is 8.55. The second kappa shape index (κ2) is 8.73. The highest BCUT2D eigenvalue weighted by Gasteiger charge is 2.38. The zero-order valence-electron chi connectivity index (χ0n) is 20.2. The first-order chi connectivity index (χ1) is 17.7. The summed E-state index contributed by atoms with van der Waals surface area (Å²) < 4.78 is 41.7. The first-order valence-electron chi connectivity index (χ1n) is 12.1. The van der Waals surface area contributed by atoms with Gasteiger partial charge in [0.05, 0.1) is 40.7 Å². The minimum absolute atomic E-state index is 0.0364. The third kappa shape index (κ3) is 4.29. The molecule has 0 spiro atoms. The van der Waals surface area contributed by atoms with Crippen LogP contribution in [0.25, 0.3) is 22.3 Å². The Bertz CT molecular complexity index is 1570. The van der Waals surface area contributed by atoms with Crippen LogP contribution in [0.5, 0.6) is 0 Å². The molecule has 0 aromatic carbocycles. The van der Waals surface area contributed by atoms with Gasteiger partial charge in [-0.3, -0.25) is 4.68 Å². The Hall–Kier alpha value is -3.65. The van der Waals surface area contributed by atoms with Crippen molar-refractivity contribution in [1.82, 2.24) is 33.9 Å². The van der Waals surface area contributed by atoms with Crippen molar-refractivity contribution >= 4 is 38.4 Å². The summed E-state index contributed by atoms with van der Waals surface area (Å²) in [6, 6.07) is 3.56. The second-order valence-corrected chi connectivity index (χ2v) is 11.7. The van der Waals surface area contributed by atoms with E-state index in [0.29, 0.717) is 41.7 Å². The van der Waals surface area contributed by atoms with Gasteiger partial charge in [0, 0.05) is 31.0 Å². The van der Waals surface area contributed by atoms with E-state index in [4.69, 9.17) is 5.10 Å². The lowest BCUT2D eigenvalue weighted by Gasteiger charge is -2.14. The van der Waals surface area contributed by atoms with E-state index in [-0.39, 0.29) is 24.4 Å². The van der Waals surface area contributed by atoms with Crippen LogP contribution in [0.3, 0.4) is 0 Å². The van der Waals surface area contributed by atoms with Crippen molar-refractivity contribution in [2.75, 3.05) is 23.3 Å². The third-order valence-electron chi connectivity index (χ3n) is 6.52. The van der Waals surface area contributed by atoms with Gasteiger partial charge in [-0.25, -0.2) is 27.8 Å². The molecular formula is C23H26FN9O3S. The fourth-order valence-electron chi connectivity index (χ4n) is 4.41. The van der Waals surface area contributed by atoms with Crippen molar-refractivity contribution in [3.8, 4) is 11.4 Å². The predicted octanol–water partition coefficient (Wildman–Crippen LogP) is 2.27. The SMILES string of the molecule is CC(C)n1nc(N2C[C@H](O)[C@@H](F)C2)c2cnc(Nc3ccnc(-c4cnn(S(=O)(=O)C5CC5)c4)n3)cc21. The average Bonchev–Trinajstić information content (AvgIpc) is 3.35. The molecule has 12 nitrogen and oxygen atoms in total. The highest BCUT2D eigenvalue weighted by Crippen LogP contribution is 2.33. The number of β-amino-alcohol motifs (C(OH)–C–C–N with tert-alkyl or cyclic N) is 1. The van der Waals surface area contributed by atoms with E-state index in [0.717, 1.165) is 15.0 Å². The maximum absolute atomic E-state index is 14.0.